The van der Waals surface area contributed by atoms with Gasteiger partial charge in [-0.25, -0.2) is 0 Å². The third-order valence-corrected chi connectivity index (χ3v) is 13.2. The maximum atomic E-state index is 6.39. The molecule has 0 saturated heterocycles. The van der Waals surface area contributed by atoms with E-state index in [1.807, 2.05) is 42.5 Å². The Hall–Kier alpha value is -2.51. The molecule has 0 bridgehead atoms. The molecule has 32 heavy (non-hydrogen) atoms. The van der Waals surface area contributed by atoms with Crippen LogP contribution in [0.1, 0.15) is 71.6 Å². The maximum absolute atomic E-state index is 6.39. The number of rotatable bonds is 7. The average Bonchev–Trinajstić information content (AvgIpc) is 3.03. The summed E-state index contributed by atoms with van der Waals surface area (Å²) in [5.41, 5.74) is 8.35. The van der Waals surface area contributed by atoms with E-state index in [-0.39, 0.29) is 0 Å². The van der Waals surface area contributed by atoms with E-state index in [0.717, 1.165) is 16.7 Å². The van der Waals surface area contributed by atoms with Crippen LogP contribution in [-0.4, -0.2) is 14.0 Å². The highest BCUT2D eigenvalue weighted by atomic mass is 28.3. The van der Waals surface area contributed by atoms with Crippen LogP contribution in [0.3, 0.4) is 0 Å². The lowest BCUT2D eigenvalue weighted by atomic mass is 9.91. The van der Waals surface area contributed by atoms with Gasteiger partial charge in [0.15, 0.2) is 0 Å². The summed E-state index contributed by atoms with van der Waals surface area (Å²) < 4.78 is 6.39. The van der Waals surface area contributed by atoms with E-state index in [9.17, 15) is 0 Å². The summed E-state index contributed by atoms with van der Waals surface area (Å²) in [5, 5.41) is 4.35. The van der Waals surface area contributed by atoms with Crippen molar-refractivity contribution in [1.82, 2.24) is 0 Å². The Bertz CT molecular complexity index is 979. The Labute approximate surface area is 195 Å². The van der Waals surface area contributed by atoms with E-state index in [2.05, 4.69) is 77.2 Å². The molecule has 1 unspecified atom stereocenters. The minimum absolute atomic E-state index is 0.414. The summed E-state index contributed by atoms with van der Waals surface area (Å²) in [6.07, 6.45) is 0.641. The lowest BCUT2D eigenvalue weighted by Gasteiger charge is -2.38. The molecule has 2 aromatic carbocycles. The quantitative estimate of drug-likeness (QED) is 0.251. The number of oxime groups is 1. The average molecular weight is 448 g/mol. The zero-order valence-electron chi connectivity index (χ0n) is 20.6. The Morgan fingerprint density at radius 3 is 2.12 bits per heavy atom. The molecule has 0 fully saturated rings. The van der Waals surface area contributed by atoms with Crippen molar-refractivity contribution in [2.75, 3.05) is 0 Å². The van der Waals surface area contributed by atoms with Crippen LogP contribution in [0.15, 0.2) is 59.8 Å². The minimum Gasteiger partial charge on any atom is -0.463 e. The Kier molecular flexibility index (Phi) is 7.51. The normalized spacial score (nSPS) is 19.1. The fraction of sp³-hybridized carbons (Fsp3) is 0.464. The van der Waals surface area contributed by atoms with Gasteiger partial charge in [0.1, 0.15) is 20.3 Å². The molecule has 0 N–H and O–H groups in total. The van der Waals surface area contributed by atoms with E-state index in [0.29, 0.717) is 35.5 Å². The van der Waals surface area contributed by atoms with Gasteiger partial charge in [0, 0.05) is 11.1 Å². The van der Waals surface area contributed by atoms with Crippen molar-refractivity contribution in [2.45, 2.75) is 83.7 Å². The van der Waals surface area contributed by atoms with Crippen LogP contribution < -0.4 is 0 Å². The van der Waals surface area contributed by atoms with Gasteiger partial charge in [-0.15, -0.1) is 11.5 Å². The molecule has 1 aliphatic rings. The number of nitrogens with zero attached hydrogens (tertiary/aromatic N) is 1. The van der Waals surface area contributed by atoms with E-state index in [4.69, 9.17) is 9.57 Å². The first-order chi connectivity index (χ1) is 15.2. The zero-order chi connectivity index (χ0) is 23.4. The fourth-order valence-electron chi connectivity index (χ4n) is 5.19. The maximum Gasteiger partial charge on any atom is 0.258 e. The van der Waals surface area contributed by atoms with Crippen LogP contribution in [-0.2, 0) is 21.8 Å². The Morgan fingerprint density at radius 1 is 0.906 bits per heavy atom. The van der Waals surface area contributed by atoms with E-state index in [1.165, 1.54) is 0 Å². The van der Waals surface area contributed by atoms with Gasteiger partial charge in [-0.2, -0.15) is 0 Å². The van der Waals surface area contributed by atoms with Gasteiger partial charge >= 0.3 is 0 Å². The molecule has 3 rings (SSSR count). The van der Waals surface area contributed by atoms with Gasteiger partial charge in [0.05, 0.1) is 6.42 Å². The topological polar surface area (TPSA) is 30.8 Å². The van der Waals surface area contributed by atoms with Crippen molar-refractivity contribution in [3.63, 3.8) is 0 Å². The fourth-order valence-corrected chi connectivity index (χ4v) is 10.5. The third kappa shape index (κ3) is 4.78. The first-order valence-electron chi connectivity index (χ1n) is 11.7. The lowest BCUT2D eigenvalue weighted by molar-refractivity contribution is 0.0717. The molecule has 0 aromatic heterocycles. The monoisotopic (exact) mass is 447 g/mol. The van der Waals surface area contributed by atoms with Crippen molar-refractivity contribution in [2.24, 2.45) is 5.16 Å². The molecule has 1 heterocycles. The molecule has 0 spiro atoms. The van der Waals surface area contributed by atoms with Gasteiger partial charge in [-0.3, -0.25) is 0 Å². The summed E-state index contributed by atoms with van der Waals surface area (Å²) in [4.78, 5) is 5.64. The lowest BCUT2D eigenvalue weighted by Crippen LogP contribution is -2.43. The summed E-state index contributed by atoms with van der Waals surface area (Å²) in [7, 11) is -1.77. The van der Waals surface area contributed by atoms with E-state index >= 15 is 0 Å². The van der Waals surface area contributed by atoms with Crippen LogP contribution in [0, 0.1) is 11.5 Å². The molecule has 2 aromatic rings. The summed E-state index contributed by atoms with van der Waals surface area (Å²) in [6.45, 7) is 16.6. The standard InChI is InChI=1S/C28H37NO2Si/c1-21(2)32(22(3)4,23(5)6)19-13-18-28(7)26-17-12-11-16-25(26)27(31-28)29-30-20-24-14-9-8-10-15-24/h8-12,14-17,21-23H,18,20H2,1-7H3/b29-27-. The summed E-state index contributed by atoms with van der Waals surface area (Å²) in [5.74, 6) is 4.13. The number of hydrogen-bond donors (Lipinski definition) is 0. The second kappa shape index (κ2) is 9.96. The minimum atomic E-state index is -1.77. The van der Waals surface area contributed by atoms with Gasteiger partial charge in [0.2, 0.25) is 0 Å². The van der Waals surface area contributed by atoms with Gasteiger partial charge in [-0.1, -0.05) is 90.1 Å². The Balaban J connectivity index is 1.84. The highest BCUT2D eigenvalue weighted by molar-refractivity contribution is 6.90. The highest BCUT2D eigenvalue weighted by Gasteiger charge is 2.43. The number of hydrogen-bond acceptors (Lipinski definition) is 3. The molecule has 1 atom stereocenters. The second-order valence-corrected chi connectivity index (χ2v) is 15.5. The third-order valence-electron chi connectivity index (χ3n) is 6.87. The van der Waals surface area contributed by atoms with Crippen molar-refractivity contribution < 1.29 is 9.57 Å². The number of benzene rings is 2. The van der Waals surface area contributed by atoms with Gasteiger partial charge in [0.25, 0.3) is 5.90 Å². The molecule has 1 aliphatic heterocycles. The van der Waals surface area contributed by atoms with E-state index < -0.39 is 13.7 Å². The van der Waals surface area contributed by atoms with Crippen molar-refractivity contribution in [3.05, 3.63) is 71.3 Å². The van der Waals surface area contributed by atoms with Crippen molar-refractivity contribution in [1.29, 1.82) is 0 Å². The molecule has 0 amide bonds. The van der Waals surface area contributed by atoms with Crippen LogP contribution in [0.25, 0.3) is 0 Å². The molecular weight excluding hydrogens is 410 g/mol. The first-order valence-corrected chi connectivity index (χ1v) is 14.0. The Morgan fingerprint density at radius 2 is 1.50 bits per heavy atom. The summed E-state index contributed by atoms with van der Waals surface area (Å²) in [6, 6.07) is 18.3. The van der Waals surface area contributed by atoms with E-state index in [1.54, 1.807) is 0 Å². The largest absolute Gasteiger partial charge is 0.463 e. The van der Waals surface area contributed by atoms with Crippen LogP contribution in [0.4, 0.5) is 0 Å². The predicted octanol–water partition coefficient (Wildman–Crippen LogP) is 7.42. The van der Waals surface area contributed by atoms with Crippen molar-refractivity contribution >= 4 is 14.0 Å². The highest BCUT2D eigenvalue weighted by Crippen LogP contribution is 2.42. The molecule has 0 saturated carbocycles. The number of ether oxygens (including phenoxy) is 1. The SMILES string of the molecule is CC(C)[Si](C#CCC1(C)O/C(=N\OCc2ccccc2)c2ccccc21)(C(C)C)C(C)C. The number of fused-ring (bicyclic) bond motifs is 1. The molecule has 0 radical (unpaired) electrons. The van der Waals surface area contributed by atoms with Crippen LogP contribution in [0.5, 0.6) is 0 Å². The second-order valence-electron chi connectivity index (χ2n) is 9.91. The molecular formula is C28H37NO2Si. The van der Waals surface area contributed by atoms with Crippen LogP contribution >= 0.6 is 0 Å². The molecule has 3 nitrogen and oxygen atoms in total. The zero-order valence-corrected chi connectivity index (χ0v) is 21.6. The summed E-state index contributed by atoms with van der Waals surface area (Å²) >= 11 is 0. The van der Waals surface area contributed by atoms with Gasteiger partial charge in [-0.05, 0) is 40.3 Å². The van der Waals surface area contributed by atoms with Gasteiger partial charge < -0.3 is 9.57 Å². The first kappa shape index (κ1) is 24.1. The predicted molar refractivity (Wildman–Crippen MR) is 136 cm³/mol. The molecule has 4 heteroatoms. The molecule has 170 valence electrons. The molecule has 0 aliphatic carbocycles. The smallest absolute Gasteiger partial charge is 0.258 e. The van der Waals surface area contributed by atoms with Crippen molar-refractivity contribution in [3.8, 4) is 11.5 Å². The van der Waals surface area contributed by atoms with Crippen LogP contribution in [0.2, 0.25) is 16.6 Å².